The second kappa shape index (κ2) is 6.49. The summed E-state index contributed by atoms with van der Waals surface area (Å²) in [6.07, 6.45) is 8.49. The van der Waals surface area contributed by atoms with E-state index in [1.807, 2.05) is 0 Å². The lowest BCUT2D eigenvalue weighted by molar-refractivity contribution is 0.797. The summed E-state index contributed by atoms with van der Waals surface area (Å²) < 4.78 is 0. The van der Waals surface area contributed by atoms with Crippen LogP contribution < -0.4 is 5.19 Å². The normalized spacial score (nSPS) is 13.8. The van der Waals surface area contributed by atoms with Crippen LogP contribution in [0.1, 0.15) is 37.3 Å². The molecule has 0 N–H and O–H groups in total. The Morgan fingerprint density at radius 1 is 0.913 bits per heavy atom. The molecule has 0 unspecified atom stereocenters. The molecule has 0 amide bonds. The third-order valence-electron chi connectivity index (χ3n) is 4.69. The van der Waals surface area contributed by atoms with E-state index >= 15 is 0 Å². The van der Waals surface area contributed by atoms with E-state index in [1.54, 1.807) is 0 Å². The first-order valence-corrected chi connectivity index (χ1v) is 12.3. The smallest absolute Gasteiger partial charge is 0.0656 e. The van der Waals surface area contributed by atoms with Crippen LogP contribution in [0.3, 0.4) is 0 Å². The van der Waals surface area contributed by atoms with Crippen molar-refractivity contribution in [1.29, 1.82) is 0 Å². The Labute approximate surface area is 142 Å². The van der Waals surface area contributed by atoms with E-state index in [0.29, 0.717) is 0 Å². The van der Waals surface area contributed by atoms with Crippen molar-refractivity contribution in [2.75, 3.05) is 0 Å². The summed E-state index contributed by atoms with van der Waals surface area (Å²) in [5.41, 5.74) is 6.97. The molecule has 3 rings (SSSR count). The van der Waals surface area contributed by atoms with E-state index in [9.17, 15) is 0 Å². The van der Waals surface area contributed by atoms with Crippen molar-refractivity contribution in [3.8, 4) is 11.1 Å². The Hall–Kier alpha value is -1.60. The van der Waals surface area contributed by atoms with Gasteiger partial charge in [-0.1, -0.05) is 92.3 Å². The van der Waals surface area contributed by atoms with Gasteiger partial charge < -0.3 is 0 Å². The molecule has 0 spiro atoms. The van der Waals surface area contributed by atoms with Crippen molar-refractivity contribution >= 4 is 19.3 Å². The maximum Gasteiger partial charge on any atom is 0.0775 e. The standard InChI is InChI=1S/C22H27Si/c1-5-6-8-17-15-19-9-7-10-21(22(19)16-17)18-11-13-20(14-12-18)23(2,3)4/h7,9-16H,5-6,8H2,1-4H3. The van der Waals surface area contributed by atoms with Crippen LogP contribution in [0.2, 0.25) is 19.6 Å². The molecule has 0 bridgehead atoms. The van der Waals surface area contributed by atoms with E-state index < -0.39 is 8.07 Å². The van der Waals surface area contributed by atoms with Gasteiger partial charge >= 0.3 is 0 Å². The zero-order valence-electron chi connectivity index (χ0n) is 14.8. The summed E-state index contributed by atoms with van der Waals surface area (Å²) in [7, 11) is -1.22. The largest absolute Gasteiger partial charge is 0.0775 e. The molecule has 0 heterocycles. The molecule has 0 fully saturated rings. The first-order valence-electron chi connectivity index (χ1n) is 8.78. The van der Waals surface area contributed by atoms with Crippen LogP contribution in [0.25, 0.3) is 17.2 Å². The quantitative estimate of drug-likeness (QED) is 0.589. The molecule has 119 valence electrons. The molecular formula is C22H27Si. The van der Waals surface area contributed by atoms with Crippen LogP contribution >= 0.6 is 0 Å². The Morgan fingerprint density at radius 3 is 2.30 bits per heavy atom. The third-order valence-corrected chi connectivity index (χ3v) is 6.76. The Morgan fingerprint density at radius 2 is 1.65 bits per heavy atom. The van der Waals surface area contributed by atoms with Gasteiger partial charge in [-0.3, -0.25) is 0 Å². The molecule has 0 aliphatic heterocycles. The van der Waals surface area contributed by atoms with E-state index in [1.165, 1.54) is 52.3 Å². The minimum absolute atomic E-state index is 1.19. The highest BCUT2D eigenvalue weighted by Gasteiger charge is 2.18. The minimum Gasteiger partial charge on any atom is -0.0656 e. The summed E-state index contributed by atoms with van der Waals surface area (Å²) in [5, 5.41) is 1.53. The molecule has 1 aliphatic carbocycles. The molecule has 0 aromatic heterocycles. The highest BCUT2D eigenvalue weighted by Crippen LogP contribution is 2.36. The molecule has 0 nitrogen and oxygen atoms in total. The van der Waals surface area contributed by atoms with Gasteiger partial charge in [-0.15, -0.1) is 0 Å². The fourth-order valence-corrected chi connectivity index (χ4v) is 4.39. The van der Waals surface area contributed by atoms with Gasteiger partial charge in [-0.05, 0) is 35.1 Å². The highest BCUT2D eigenvalue weighted by atomic mass is 28.3. The van der Waals surface area contributed by atoms with Gasteiger partial charge in [-0.25, -0.2) is 0 Å². The van der Waals surface area contributed by atoms with Crippen LogP contribution in [-0.4, -0.2) is 8.07 Å². The maximum atomic E-state index is 2.40. The van der Waals surface area contributed by atoms with Gasteiger partial charge in [0, 0.05) is 6.42 Å². The molecule has 23 heavy (non-hydrogen) atoms. The number of fused-ring (bicyclic) bond motifs is 1. The number of hydrogen-bond acceptors (Lipinski definition) is 0. The summed E-state index contributed by atoms with van der Waals surface area (Å²) in [6, 6.07) is 16.0. The van der Waals surface area contributed by atoms with Crippen LogP contribution in [-0.2, 0) is 0 Å². The predicted octanol–water partition coefficient (Wildman–Crippen LogP) is 6.04. The number of rotatable bonds is 5. The van der Waals surface area contributed by atoms with Crippen molar-refractivity contribution in [1.82, 2.24) is 0 Å². The van der Waals surface area contributed by atoms with Crippen molar-refractivity contribution < 1.29 is 0 Å². The maximum absolute atomic E-state index is 2.40. The molecule has 0 saturated heterocycles. The van der Waals surface area contributed by atoms with Gasteiger partial charge in [0.2, 0.25) is 0 Å². The second-order valence-electron chi connectivity index (χ2n) is 7.60. The third kappa shape index (κ3) is 3.50. The molecule has 2 aromatic rings. The van der Waals surface area contributed by atoms with Gasteiger partial charge in [0.1, 0.15) is 0 Å². The van der Waals surface area contributed by atoms with Gasteiger partial charge in [0.05, 0.1) is 8.07 Å². The van der Waals surface area contributed by atoms with Crippen molar-refractivity contribution in [2.45, 2.75) is 45.8 Å². The Balaban J connectivity index is 1.93. The molecule has 1 heteroatoms. The summed E-state index contributed by atoms with van der Waals surface area (Å²) in [4.78, 5) is 0. The average molecular weight is 320 g/mol. The zero-order chi connectivity index (χ0) is 16.4. The molecule has 0 atom stereocenters. The number of hydrogen-bond donors (Lipinski definition) is 0. The van der Waals surface area contributed by atoms with Gasteiger partial charge in [0.15, 0.2) is 0 Å². The number of allylic oxidation sites excluding steroid dienone is 1. The lowest BCUT2D eigenvalue weighted by Gasteiger charge is -2.17. The van der Waals surface area contributed by atoms with Crippen LogP contribution in [0, 0.1) is 6.42 Å². The highest BCUT2D eigenvalue weighted by molar-refractivity contribution is 6.88. The van der Waals surface area contributed by atoms with Crippen LogP contribution in [0.5, 0.6) is 0 Å². The van der Waals surface area contributed by atoms with Crippen molar-refractivity contribution in [3.63, 3.8) is 0 Å². The first-order chi connectivity index (χ1) is 11.0. The van der Waals surface area contributed by atoms with E-state index in [2.05, 4.69) is 81.5 Å². The molecule has 1 aliphatic rings. The fourth-order valence-electron chi connectivity index (χ4n) is 3.22. The van der Waals surface area contributed by atoms with E-state index in [0.717, 1.165) is 0 Å². The molecule has 0 saturated carbocycles. The van der Waals surface area contributed by atoms with Gasteiger partial charge in [0.25, 0.3) is 0 Å². The lowest BCUT2D eigenvalue weighted by atomic mass is 9.97. The summed E-state index contributed by atoms with van der Waals surface area (Å²) in [6.45, 7) is 9.47. The summed E-state index contributed by atoms with van der Waals surface area (Å²) >= 11 is 0. The second-order valence-corrected chi connectivity index (χ2v) is 12.7. The van der Waals surface area contributed by atoms with Crippen LogP contribution in [0.4, 0.5) is 0 Å². The molecule has 1 radical (unpaired) electrons. The van der Waals surface area contributed by atoms with Crippen molar-refractivity contribution in [3.05, 3.63) is 65.6 Å². The predicted molar refractivity (Wildman–Crippen MR) is 106 cm³/mol. The molecule has 2 aromatic carbocycles. The minimum atomic E-state index is -1.22. The monoisotopic (exact) mass is 319 g/mol. The number of unbranched alkanes of at least 4 members (excludes halogenated alkanes) is 1. The zero-order valence-corrected chi connectivity index (χ0v) is 15.8. The topological polar surface area (TPSA) is 0 Å². The van der Waals surface area contributed by atoms with Gasteiger partial charge in [-0.2, -0.15) is 0 Å². The van der Waals surface area contributed by atoms with Crippen molar-refractivity contribution in [2.24, 2.45) is 0 Å². The SMILES string of the molecule is CCCCC1=Cc2c(cccc2-c2ccc([Si](C)(C)C)cc2)[CH]1. The molecular weight excluding hydrogens is 292 g/mol. The Bertz CT molecular complexity index is 715. The average Bonchev–Trinajstić information content (AvgIpc) is 2.95. The summed E-state index contributed by atoms with van der Waals surface area (Å²) in [5.74, 6) is 0. The number of benzene rings is 2. The lowest BCUT2D eigenvalue weighted by Crippen LogP contribution is -2.37. The Kier molecular flexibility index (Phi) is 4.59. The van der Waals surface area contributed by atoms with Crippen LogP contribution in [0.15, 0.2) is 48.0 Å². The van der Waals surface area contributed by atoms with E-state index in [-0.39, 0.29) is 0 Å². The van der Waals surface area contributed by atoms with E-state index in [4.69, 9.17) is 0 Å². The fraction of sp³-hybridized carbons (Fsp3) is 0.318. The first kappa shape index (κ1) is 16.3.